The Labute approximate surface area is 154 Å². The lowest BCUT2D eigenvalue weighted by atomic mass is 10.00. The highest BCUT2D eigenvalue weighted by molar-refractivity contribution is 6.31. The van der Waals surface area contributed by atoms with Gasteiger partial charge in [-0.1, -0.05) is 23.7 Å². The van der Waals surface area contributed by atoms with Gasteiger partial charge in [-0.3, -0.25) is 14.4 Å². The smallest absolute Gasteiger partial charge is 0.259 e. The molecule has 0 atom stereocenters. The van der Waals surface area contributed by atoms with Crippen LogP contribution in [0, 0.1) is 5.82 Å². The molecule has 0 N–H and O–H groups in total. The highest BCUT2D eigenvalue weighted by atomic mass is 35.5. The Morgan fingerprint density at radius 2 is 1.92 bits per heavy atom. The van der Waals surface area contributed by atoms with Crippen molar-refractivity contribution in [3.8, 4) is 11.4 Å². The summed E-state index contributed by atoms with van der Waals surface area (Å²) >= 11 is 6.18. The Balaban J connectivity index is 2.04. The van der Waals surface area contributed by atoms with Crippen LogP contribution in [0.2, 0.25) is 5.02 Å². The fourth-order valence-corrected chi connectivity index (χ4v) is 3.30. The molecule has 6 heteroatoms. The Hall–Kier alpha value is -2.92. The molecule has 1 aliphatic rings. The predicted molar refractivity (Wildman–Crippen MR) is 99.3 cm³/mol. The fraction of sp³-hybridized carbons (Fsp3) is 0.100. The second-order valence-corrected chi connectivity index (χ2v) is 6.30. The van der Waals surface area contributed by atoms with Gasteiger partial charge in [0, 0.05) is 28.3 Å². The molecule has 0 aliphatic carbocycles. The number of ether oxygens (including phenoxy) is 1. The van der Waals surface area contributed by atoms with Crippen molar-refractivity contribution in [2.45, 2.75) is 6.54 Å². The molecule has 0 bridgehead atoms. The summed E-state index contributed by atoms with van der Waals surface area (Å²) < 4.78 is 21.2. The maximum atomic E-state index is 14.4. The van der Waals surface area contributed by atoms with Gasteiger partial charge in [0.1, 0.15) is 11.6 Å². The summed E-state index contributed by atoms with van der Waals surface area (Å²) in [4.78, 5) is 17.3. The molecule has 0 unspecified atom stereocenters. The fourth-order valence-electron chi connectivity index (χ4n) is 3.13. The number of hydrogen-bond acceptors (Lipinski definition) is 3. The van der Waals surface area contributed by atoms with Crippen molar-refractivity contribution >= 4 is 17.3 Å². The molecule has 0 amide bonds. The molecule has 26 heavy (non-hydrogen) atoms. The lowest BCUT2D eigenvalue weighted by molar-refractivity contribution is 0.412. The Morgan fingerprint density at radius 3 is 2.69 bits per heavy atom. The highest BCUT2D eigenvalue weighted by Gasteiger charge is 2.22. The maximum Gasteiger partial charge on any atom is 0.259 e. The van der Waals surface area contributed by atoms with Crippen LogP contribution in [0.1, 0.15) is 16.8 Å². The largest absolute Gasteiger partial charge is 0.496 e. The van der Waals surface area contributed by atoms with Crippen molar-refractivity contribution in [1.29, 1.82) is 0 Å². The topological polar surface area (TPSA) is 43.6 Å². The summed E-state index contributed by atoms with van der Waals surface area (Å²) in [6, 6.07) is 14.7. The van der Waals surface area contributed by atoms with Crippen molar-refractivity contribution in [3.05, 3.63) is 92.6 Å². The third-order valence-electron chi connectivity index (χ3n) is 4.30. The predicted octanol–water partition coefficient (Wildman–Crippen LogP) is 3.99. The van der Waals surface area contributed by atoms with E-state index in [1.807, 2.05) is 0 Å². The molecule has 4 rings (SSSR count). The summed E-state index contributed by atoms with van der Waals surface area (Å²) in [5.74, 6) is 0.0781. The quantitative estimate of drug-likeness (QED) is 0.686. The molecule has 0 fully saturated rings. The zero-order valence-electron chi connectivity index (χ0n) is 13.9. The molecule has 130 valence electrons. The van der Waals surface area contributed by atoms with Gasteiger partial charge in [0.15, 0.2) is 0 Å². The minimum atomic E-state index is -0.381. The van der Waals surface area contributed by atoms with E-state index in [1.165, 1.54) is 19.2 Å². The van der Waals surface area contributed by atoms with E-state index in [2.05, 4.69) is 4.99 Å². The van der Waals surface area contributed by atoms with Crippen molar-refractivity contribution < 1.29 is 9.13 Å². The van der Waals surface area contributed by atoms with Crippen LogP contribution in [0.4, 0.5) is 4.39 Å². The Morgan fingerprint density at radius 1 is 1.12 bits per heavy atom. The van der Waals surface area contributed by atoms with Gasteiger partial charge in [0.2, 0.25) is 0 Å². The molecule has 1 aliphatic heterocycles. The van der Waals surface area contributed by atoms with E-state index >= 15 is 0 Å². The monoisotopic (exact) mass is 368 g/mol. The molecule has 2 heterocycles. The number of methoxy groups -OCH3 is 1. The second-order valence-electron chi connectivity index (χ2n) is 5.87. The van der Waals surface area contributed by atoms with E-state index in [0.29, 0.717) is 39.0 Å². The lowest BCUT2D eigenvalue weighted by Gasteiger charge is -2.14. The molecule has 4 nitrogen and oxygen atoms in total. The van der Waals surface area contributed by atoms with Crippen LogP contribution in [0.25, 0.3) is 5.69 Å². The minimum absolute atomic E-state index is 0.211. The van der Waals surface area contributed by atoms with E-state index in [0.717, 1.165) is 0 Å². The van der Waals surface area contributed by atoms with Gasteiger partial charge in [0.25, 0.3) is 5.56 Å². The molecule has 1 aromatic heterocycles. The summed E-state index contributed by atoms with van der Waals surface area (Å²) in [6.07, 6.45) is 0. The molecule has 0 saturated heterocycles. The zero-order chi connectivity index (χ0) is 18.3. The summed E-state index contributed by atoms with van der Waals surface area (Å²) in [5, 5.41) is 0.484. The van der Waals surface area contributed by atoms with Crippen LogP contribution in [0.15, 0.2) is 64.4 Å². The molecule has 0 saturated carbocycles. The number of rotatable bonds is 2. The first-order valence-electron chi connectivity index (χ1n) is 7.98. The number of hydrogen-bond donors (Lipinski definition) is 0. The van der Waals surface area contributed by atoms with Crippen molar-refractivity contribution in [1.82, 2.24) is 4.57 Å². The van der Waals surface area contributed by atoms with Crippen LogP contribution in [0.3, 0.4) is 0 Å². The Kier molecular flexibility index (Phi) is 4.09. The van der Waals surface area contributed by atoms with E-state index in [4.69, 9.17) is 16.3 Å². The Bertz CT molecular complexity index is 1110. The maximum absolute atomic E-state index is 14.4. The number of aromatic nitrogens is 1. The van der Waals surface area contributed by atoms with E-state index in [9.17, 15) is 9.18 Å². The first-order chi connectivity index (χ1) is 12.6. The number of nitrogens with zero attached hydrogens (tertiary/aromatic N) is 2. The SMILES string of the molecule is COc1cc2n(c(=O)c1)-c1ccc(Cl)cc1C(c1ccccc1F)=NC2. The van der Waals surface area contributed by atoms with Gasteiger partial charge < -0.3 is 4.74 Å². The second kappa shape index (κ2) is 6.42. The number of pyridine rings is 1. The van der Waals surface area contributed by atoms with E-state index in [1.54, 1.807) is 47.0 Å². The first-order valence-corrected chi connectivity index (χ1v) is 8.36. The van der Waals surface area contributed by atoms with Crippen molar-refractivity contribution in [2.24, 2.45) is 4.99 Å². The van der Waals surface area contributed by atoms with Crippen LogP contribution < -0.4 is 10.3 Å². The van der Waals surface area contributed by atoms with E-state index < -0.39 is 0 Å². The summed E-state index contributed by atoms with van der Waals surface area (Å²) in [7, 11) is 1.50. The molecular weight excluding hydrogens is 355 g/mol. The van der Waals surface area contributed by atoms with Crippen molar-refractivity contribution in [2.75, 3.05) is 7.11 Å². The summed E-state index contributed by atoms with van der Waals surface area (Å²) in [6.45, 7) is 0.211. The van der Waals surface area contributed by atoms with Gasteiger partial charge in [-0.2, -0.15) is 0 Å². The number of benzene rings is 2. The van der Waals surface area contributed by atoms with Crippen molar-refractivity contribution in [3.63, 3.8) is 0 Å². The molecule has 3 aromatic rings. The zero-order valence-corrected chi connectivity index (χ0v) is 14.6. The van der Waals surface area contributed by atoms with E-state index in [-0.39, 0.29) is 17.9 Å². The van der Waals surface area contributed by atoms with Gasteiger partial charge in [0.05, 0.1) is 30.7 Å². The van der Waals surface area contributed by atoms with Crippen LogP contribution in [-0.2, 0) is 6.54 Å². The number of aliphatic imine (C=N–C) groups is 1. The first kappa shape index (κ1) is 16.5. The van der Waals surface area contributed by atoms with Gasteiger partial charge >= 0.3 is 0 Å². The third kappa shape index (κ3) is 2.70. The number of fused-ring (bicyclic) bond motifs is 3. The van der Waals surface area contributed by atoms with Gasteiger partial charge in [-0.15, -0.1) is 0 Å². The van der Waals surface area contributed by atoms with Gasteiger partial charge in [-0.25, -0.2) is 4.39 Å². The molecule has 0 radical (unpaired) electrons. The molecular formula is C20H14ClFN2O2. The van der Waals surface area contributed by atoms with Crippen LogP contribution in [0.5, 0.6) is 5.75 Å². The lowest BCUT2D eigenvalue weighted by Crippen LogP contribution is -2.22. The standard InChI is InChI=1S/C20H14ClFN2O2/c1-26-14-9-13-11-23-20(15-4-2-3-5-17(15)22)16-8-12(21)6-7-18(16)24(13)19(25)10-14/h2-10H,11H2,1H3. The average molecular weight is 369 g/mol. The van der Waals surface area contributed by atoms with Gasteiger partial charge in [-0.05, 0) is 30.3 Å². The normalized spacial score (nSPS) is 12.7. The van der Waals surface area contributed by atoms with Crippen LogP contribution in [-0.4, -0.2) is 17.4 Å². The molecule has 0 spiro atoms. The summed E-state index contributed by atoms with van der Waals surface area (Å²) in [5.41, 5.74) is 2.45. The average Bonchev–Trinajstić information content (AvgIpc) is 2.79. The molecule has 2 aromatic carbocycles. The minimum Gasteiger partial charge on any atom is -0.496 e. The third-order valence-corrected chi connectivity index (χ3v) is 4.54. The van der Waals surface area contributed by atoms with Crippen LogP contribution >= 0.6 is 11.6 Å². The number of halogens is 2. The highest BCUT2D eigenvalue weighted by Crippen LogP contribution is 2.28.